The molecule has 1 amide bonds. The molecule has 3 aromatic carbocycles. The Balaban J connectivity index is 1.41. The molecule has 0 fully saturated rings. The van der Waals surface area contributed by atoms with Crippen molar-refractivity contribution in [2.24, 2.45) is 0 Å². The van der Waals surface area contributed by atoms with Gasteiger partial charge >= 0.3 is 0 Å². The number of benzene rings is 3. The van der Waals surface area contributed by atoms with Gasteiger partial charge in [-0.15, -0.1) is 10.2 Å². The first-order valence-electron chi connectivity index (χ1n) is 10.6. The normalized spacial score (nSPS) is 15.3. The fraction of sp³-hybridized carbons (Fsp3) is 0.125. The maximum absolute atomic E-state index is 13.5. The Morgan fingerprint density at radius 3 is 2.57 bits per heavy atom. The van der Waals surface area contributed by atoms with Crippen LogP contribution in [0.5, 0.6) is 5.75 Å². The van der Waals surface area contributed by atoms with Crippen LogP contribution in [0.15, 0.2) is 77.7 Å². The number of halogens is 1. The number of nitrogens with zero attached hydrogens (tertiary/aromatic N) is 3. The van der Waals surface area contributed by atoms with E-state index in [2.05, 4.69) is 15.5 Å². The number of aromatic nitrogens is 2. The van der Waals surface area contributed by atoms with Gasteiger partial charge < -0.3 is 4.74 Å². The Bertz CT molecular complexity index is 1490. The Labute approximate surface area is 211 Å². The van der Waals surface area contributed by atoms with Crippen molar-refractivity contribution in [1.29, 1.82) is 0 Å². The first kappa shape index (κ1) is 23.3. The molecular weight excluding hydrogens is 508 g/mol. The number of anilines is 2. The second-order valence-corrected chi connectivity index (χ2v) is 11.1. The summed E-state index contributed by atoms with van der Waals surface area (Å²) in [4.78, 5) is 13.2. The van der Waals surface area contributed by atoms with Gasteiger partial charge in [-0.3, -0.25) is 14.4 Å². The molecule has 0 saturated heterocycles. The van der Waals surface area contributed by atoms with E-state index in [1.165, 1.54) is 27.8 Å². The fourth-order valence-electron chi connectivity index (χ4n) is 3.61. The molecule has 4 aromatic rings. The van der Waals surface area contributed by atoms with Crippen LogP contribution in [0.4, 0.5) is 10.8 Å². The number of hydrogen-bond acceptors (Lipinski definition) is 7. The van der Waals surface area contributed by atoms with Gasteiger partial charge in [0, 0.05) is 10.6 Å². The van der Waals surface area contributed by atoms with Crippen LogP contribution in [0.2, 0.25) is 5.02 Å². The van der Waals surface area contributed by atoms with Gasteiger partial charge in [0.1, 0.15) is 10.8 Å². The number of carbonyl (C=O) groups excluding carboxylic acids is 1. The molecule has 8 nitrogen and oxygen atoms in total. The molecule has 1 aromatic heterocycles. The summed E-state index contributed by atoms with van der Waals surface area (Å²) >= 11 is 7.13. The van der Waals surface area contributed by atoms with Crippen LogP contribution in [0.25, 0.3) is 10.6 Å². The van der Waals surface area contributed by atoms with E-state index in [9.17, 15) is 13.2 Å². The molecule has 0 radical (unpaired) electrons. The number of carbonyl (C=O) groups is 1. The minimum Gasteiger partial charge on any atom is -0.476 e. The van der Waals surface area contributed by atoms with E-state index in [1.807, 2.05) is 19.1 Å². The Kier molecular flexibility index (Phi) is 6.18. The number of aryl methyl sites for hydroxylation is 1. The van der Waals surface area contributed by atoms with Crippen LogP contribution in [0.1, 0.15) is 5.56 Å². The summed E-state index contributed by atoms with van der Waals surface area (Å²) in [7, 11) is -3.93. The maximum Gasteiger partial charge on any atom is 0.269 e. The number of nitrogens with one attached hydrogen (secondary N) is 1. The monoisotopic (exact) mass is 526 g/mol. The van der Waals surface area contributed by atoms with Crippen molar-refractivity contribution >= 4 is 49.7 Å². The molecular formula is C24H19ClN4O4S2. The van der Waals surface area contributed by atoms with Crippen LogP contribution in [0.3, 0.4) is 0 Å². The van der Waals surface area contributed by atoms with Crippen molar-refractivity contribution in [2.75, 3.05) is 16.2 Å². The second kappa shape index (κ2) is 9.29. The Morgan fingerprint density at radius 2 is 1.83 bits per heavy atom. The highest BCUT2D eigenvalue weighted by molar-refractivity contribution is 7.92. The number of rotatable bonds is 5. The zero-order valence-corrected chi connectivity index (χ0v) is 20.8. The SMILES string of the molecule is Cc1ccc2c(c1)N(S(=O)(=O)c1ccccc1)C[C@H](C(=O)Nc1nnc(-c3ccc(Cl)cc3)s1)O2. The lowest BCUT2D eigenvalue weighted by molar-refractivity contribution is -0.122. The third-order valence-corrected chi connectivity index (χ3v) is 8.29. The third kappa shape index (κ3) is 4.72. The smallest absolute Gasteiger partial charge is 0.269 e. The summed E-state index contributed by atoms with van der Waals surface area (Å²) in [6, 6.07) is 20.4. The van der Waals surface area contributed by atoms with E-state index in [4.69, 9.17) is 16.3 Å². The molecule has 178 valence electrons. The largest absolute Gasteiger partial charge is 0.476 e. The summed E-state index contributed by atoms with van der Waals surface area (Å²) < 4.78 is 34.1. The summed E-state index contributed by atoms with van der Waals surface area (Å²) in [5.74, 6) is -0.219. The van der Waals surface area contributed by atoms with Gasteiger partial charge in [0.2, 0.25) is 5.13 Å². The molecule has 11 heteroatoms. The maximum atomic E-state index is 13.5. The zero-order chi connectivity index (χ0) is 24.6. The molecule has 2 heterocycles. The van der Waals surface area contributed by atoms with Gasteiger partial charge in [-0.2, -0.15) is 0 Å². The molecule has 0 unspecified atom stereocenters. The van der Waals surface area contributed by atoms with Gasteiger partial charge in [-0.05, 0) is 48.9 Å². The molecule has 0 saturated carbocycles. The Morgan fingerprint density at radius 1 is 1.09 bits per heavy atom. The van der Waals surface area contributed by atoms with Crippen molar-refractivity contribution in [3.8, 4) is 16.3 Å². The molecule has 1 N–H and O–H groups in total. The second-order valence-electron chi connectivity index (χ2n) is 7.84. The van der Waals surface area contributed by atoms with Crippen molar-refractivity contribution < 1.29 is 17.9 Å². The minimum atomic E-state index is -3.93. The summed E-state index contributed by atoms with van der Waals surface area (Å²) in [5.41, 5.74) is 2.07. The van der Waals surface area contributed by atoms with Gasteiger partial charge in [-0.25, -0.2) is 8.42 Å². The predicted molar refractivity (Wildman–Crippen MR) is 136 cm³/mol. The van der Waals surface area contributed by atoms with E-state index in [0.717, 1.165) is 11.1 Å². The van der Waals surface area contributed by atoms with Crippen molar-refractivity contribution in [1.82, 2.24) is 10.2 Å². The van der Waals surface area contributed by atoms with Gasteiger partial charge in [0.05, 0.1) is 17.1 Å². The summed E-state index contributed by atoms with van der Waals surface area (Å²) in [6.45, 7) is 1.67. The van der Waals surface area contributed by atoms with Gasteiger partial charge in [0.15, 0.2) is 6.10 Å². The van der Waals surface area contributed by atoms with Crippen molar-refractivity contribution in [2.45, 2.75) is 17.9 Å². The average molecular weight is 527 g/mol. The molecule has 1 atom stereocenters. The lowest BCUT2D eigenvalue weighted by Crippen LogP contribution is -2.48. The Hall–Kier alpha value is -3.47. The lowest BCUT2D eigenvalue weighted by atomic mass is 10.1. The highest BCUT2D eigenvalue weighted by atomic mass is 35.5. The van der Waals surface area contributed by atoms with Crippen LogP contribution < -0.4 is 14.4 Å². The van der Waals surface area contributed by atoms with Crippen molar-refractivity contribution in [3.05, 3.63) is 83.4 Å². The topological polar surface area (TPSA) is 101 Å². The first-order valence-corrected chi connectivity index (χ1v) is 13.2. The van der Waals surface area contributed by atoms with E-state index in [-0.39, 0.29) is 16.6 Å². The van der Waals surface area contributed by atoms with Crippen LogP contribution in [-0.4, -0.2) is 37.2 Å². The molecule has 1 aliphatic heterocycles. The van der Waals surface area contributed by atoms with E-state index < -0.39 is 22.0 Å². The zero-order valence-electron chi connectivity index (χ0n) is 18.4. The van der Waals surface area contributed by atoms with E-state index in [0.29, 0.717) is 21.5 Å². The third-order valence-electron chi connectivity index (χ3n) is 5.35. The first-order chi connectivity index (χ1) is 16.8. The number of sulfonamides is 1. The highest BCUT2D eigenvalue weighted by Gasteiger charge is 2.38. The standard InChI is InChI=1S/C24H19ClN4O4S2/c1-15-7-12-20-19(13-15)29(35(31,32)18-5-3-2-4-6-18)14-21(33-20)22(30)26-24-28-27-23(34-24)16-8-10-17(25)11-9-16/h2-13,21H,14H2,1H3,(H,26,28,30)/t21-/m1/s1. The molecule has 35 heavy (non-hydrogen) atoms. The fourth-order valence-corrected chi connectivity index (χ4v) is 5.98. The predicted octanol–water partition coefficient (Wildman–Crippen LogP) is 4.76. The van der Waals surface area contributed by atoms with Gasteiger partial charge in [-0.1, -0.05) is 59.3 Å². The van der Waals surface area contributed by atoms with Crippen LogP contribution >= 0.6 is 22.9 Å². The molecule has 5 rings (SSSR count). The summed E-state index contributed by atoms with van der Waals surface area (Å²) in [5, 5.41) is 12.3. The van der Waals surface area contributed by atoms with E-state index in [1.54, 1.807) is 48.5 Å². The summed E-state index contributed by atoms with van der Waals surface area (Å²) in [6.07, 6.45) is -1.09. The van der Waals surface area contributed by atoms with Crippen molar-refractivity contribution in [3.63, 3.8) is 0 Å². The highest BCUT2D eigenvalue weighted by Crippen LogP contribution is 2.38. The van der Waals surface area contributed by atoms with Crippen LogP contribution in [-0.2, 0) is 14.8 Å². The minimum absolute atomic E-state index is 0.130. The molecule has 1 aliphatic rings. The number of fused-ring (bicyclic) bond motifs is 1. The number of hydrogen-bond donors (Lipinski definition) is 1. The van der Waals surface area contributed by atoms with Crippen LogP contribution in [0, 0.1) is 6.92 Å². The molecule has 0 aliphatic carbocycles. The molecule has 0 bridgehead atoms. The lowest BCUT2D eigenvalue weighted by Gasteiger charge is -2.34. The quantitative estimate of drug-likeness (QED) is 0.402. The molecule has 0 spiro atoms. The van der Waals surface area contributed by atoms with Gasteiger partial charge in [0.25, 0.3) is 15.9 Å². The average Bonchev–Trinajstić information content (AvgIpc) is 3.32. The van der Waals surface area contributed by atoms with E-state index >= 15 is 0 Å². The number of amides is 1. The number of ether oxygens (including phenoxy) is 1.